The molecule has 136 valence electrons. The third-order valence-corrected chi connectivity index (χ3v) is 6.03. The number of nitrogens with zero attached hydrogens (tertiary/aromatic N) is 2. The van der Waals surface area contributed by atoms with Crippen molar-refractivity contribution < 1.29 is 15.0 Å². The van der Waals surface area contributed by atoms with Crippen molar-refractivity contribution in [2.75, 3.05) is 6.54 Å². The minimum atomic E-state index is -0.903. The quantitative estimate of drug-likeness (QED) is 0.871. The van der Waals surface area contributed by atoms with Gasteiger partial charge >= 0.3 is 0 Å². The van der Waals surface area contributed by atoms with Crippen LogP contribution in [-0.4, -0.2) is 38.6 Å². The molecule has 1 aromatic heterocycles. The number of carbonyl (C=O) groups is 1. The first-order valence-corrected chi connectivity index (χ1v) is 9.34. The number of aromatic hydroxyl groups is 1. The Labute approximate surface area is 153 Å². The number of pyridine rings is 1. The van der Waals surface area contributed by atoms with Crippen molar-refractivity contribution in [3.05, 3.63) is 59.8 Å². The summed E-state index contributed by atoms with van der Waals surface area (Å²) in [4.78, 5) is 18.7. The van der Waals surface area contributed by atoms with Crippen LogP contribution in [0.1, 0.15) is 48.0 Å². The lowest BCUT2D eigenvalue weighted by Crippen LogP contribution is -2.59. The van der Waals surface area contributed by atoms with Crippen molar-refractivity contribution in [3.8, 4) is 5.88 Å². The number of aromatic nitrogens is 1. The van der Waals surface area contributed by atoms with E-state index in [1.807, 2.05) is 35.2 Å². The fourth-order valence-corrected chi connectivity index (χ4v) is 4.74. The first-order chi connectivity index (χ1) is 12.6. The Hall–Kier alpha value is -2.40. The molecule has 4 rings (SSSR count). The Morgan fingerprint density at radius 2 is 1.88 bits per heavy atom. The Balaban J connectivity index is 1.67. The van der Waals surface area contributed by atoms with Crippen LogP contribution in [0.5, 0.6) is 5.88 Å². The van der Waals surface area contributed by atoms with Gasteiger partial charge in [0.05, 0.1) is 5.60 Å². The van der Waals surface area contributed by atoms with Crippen LogP contribution in [0.2, 0.25) is 0 Å². The highest BCUT2D eigenvalue weighted by molar-refractivity contribution is 5.96. The molecule has 2 aromatic rings. The second-order valence-electron chi connectivity index (χ2n) is 7.37. The van der Waals surface area contributed by atoms with Gasteiger partial charge in [-0.3, -0.25) is 4.79 Å². The number of piperidine rings is 1. The van der Waals surface area contributed by atoms with Crippen LogP contribution in [0.4, 0.5) is 0 Å². The molecule has 26 heavy (non-hydrogen) atoms. The van der Waals surface area contributed by atoms with Gasteiger partial charge in [0, 0.05) is 24.7 Å². The van der Waals surface area contributed by atoms with Crippen LogP contribution in [-0.2, 0) is 5.60 Å². The summed E-state index contributed by atoms with van der Waals surface area (Å²) in [6.45, 7) is 0.472. The van der Waals surface area contributed by atoms with Crippen LogP contribution >= 0.6 is 0 Å². The second kappa shape index (κ2) is 6.72. The number of likely N-dealkylation sites (tertiary alicyclic amines) is 1. The zero-order valence-corrected chi connectivity index (χ0v) is 14.7. The Bertz CT molecular complexity index is 795. The SMILES string of the molecule is O=C(c1cccnc1O)N1CCC(O)(c2ccccc2)C2CCCCC21. The molecule has 5 heteroatoms. The molecule has 2 aliphatic rings. The standard InChI is InChI=1S/C21H24N2O3/c24-19-16(9-6-13-22-19)20(25)23-14-12-21(26,15-7-2-1-3-8-15)17-10-4-5-11-18(17)23/h1-3,6-9,13,17-18,26H,4-5,10-12,14H2,(H,22,24). The number of rotatable bonds is 2. The summed E-state index contributed by atoms with van der Waals surface area (Å²) in [6, 6.07) is 13.1. The molecule has 3 atom stereocenters. The van der Waals surface area contributed by atoms with Crippen LogP contribution in [0.15, 0.2) is 48.7 Å². The lowest BCUT2D eigenvalue weighted by atomic mass is 9.66. The van der Waals surface area contributed by atoms with Crippen molar-refractivity contribution >= 4 is 5.91 Å². The second-order valence-corrected chi connectivity index (χ2v) is 7.37. The first kappa shape index (κ1) is 17.0. The van der Waals surface area contributed by atoms with Crippen molar-refractivity contribution in [2.24, 2.45) is 5.92 Å². The Morgan fingerprint density at radius 3 is 2.65 bits per heavy atom. The van der Waals surface area contributed by atoms with E-state index in [2.05, 4.69) is 4.98 Å². The maximum Gasteiger partial charge on any atom is 0.259 e. The van der Waals surface area contributed by atoms with Gasteiger partial charge in [-0.1, -0.05) is 43.2 Å². The fraction of sp³-hybridized carbons (Fsp3) is 0.429. The van der Waals surface area contributed by atoms with Gasteiger partial charge in [0.1, 0.15) is 5.56 Å². The monoisotopic (exact) mass is 352 g/mol. The van der Waals surface area contributed by atoms with E-state index in [0.717, 1.165) is 31.2 Å². The van der Waals surface area contributed by atoms with E-state index in [4.69, 9.17) is 0 Å². The molecule has 5 nitrogen and oxygen atoms in total. The predicted octanol–water partition coefficient (Wildman–Crippen LogP) is 3.08. The number of carbonyl (C=O) groups excluding carboxylic acids is 1. The summed E-state index contributed by atoms with van der Waals surface area (Å²) in [5.41, 5.74) is 0.273. The molecular formula is C21H24N2O3. The molecule has 0 bridgehead atoms. The predicted molar refractivity (Wildman–Crippen MR) is 97.6 cm³/mol. The molecule has 1 amide bonds. The van der Waals surface area contributed by atoms with E-state index in [1.165, 1.54) is 6.20 Å². The number of amides is 1. The average Bonchev–Trinajstić information content (AvgIpc) is 2.69. The molecule has 1 aliphatic carbocycles. The molecule has 1 saturated carbocycles. The Kier molecular flexibility index (Phi) is 4.41. The molecule has 1 saturated heterocycles. The van der Waals surface area contributed by atoms with E-state index in [0.29, 0.717) is 13.0 Å². The summed E-state index contributed by atoms with van der Waals surface area (Å²) < 4.78 is 0. The molecule has 2 fully saturated rings. The minimum absolute atomic E-state index is 0.00941. The van der Waals surface area contributed by atoms with Crippen LogP contribution in [0.25, 0.3) is 0 Å². The van der Waals surface area contributed by atoms with E-state index in [9.17, 15) is 15.0 Å². The van der Waals surface area contributed by atoms with Gasteiger partial charge in [-0.05, 0) is 37.0 Å². The molecular weight excluding hydrogens is 328 g/mol. The van der Waals surface area contributed by atoms with Crippen molar-refractivity contribution in [2.45, 2.75) is 43.7 Å². The number of aliphatic hydroxyl groups is 1. The highest BCUT2D eigenvalue weighted by Gasteiger charge is 2.50. The van der Waals surface area contributed by atoms with E-state index in [-0.39, 0.29) is 29.3 Å². The molecule has 0 spiro atoms. The van der Waals surface area contributed by atoms with E-state index >= 15 is 0 Å². The number of hydrogen-bond donors (Lipinski definition) is 2. The van der Waals surface area contributed by atoms with E-state index < -0.39 is 5.60 Å². The lowest BCUT2D eigenvalue weighted by Gasteiger charge is -2.52. The number of fused-ring (bicyclic) bond motifs is 1. The largest absolute Gasteiger partial charge is 0.493 e. The third-order valence-electron chi connectivity index (χ3n) is 6.03. The van der Waals surface area contributed by atoms with Crippen LogP contribution in [0.3, 0.4) is 0 Å². The topological polar surface area (TPSA) is 73.7 Å². The minimum Gasteiger partial charge on any atom is -0.493 e. The van der Waals surface area contributed by atoms with Gasteiger partial charge in [0.25, 0.3) is 5.91 Å². The van der Waals surface area contributed by atoms with Gasteiger partial charge in [0.15, 0.2) is 0 Å². The summed E-state index contributed by atoms with van der Waals surface area (Å²) in [5, 5.41) is 21.5. The summed E-state index contributed by atoms with van der Waals surface area (Å²) in [6.07, 6.45) is 5.88. The summed E-state index contributed by atoms with van der Waals surface area (Å²) >= 11 is 0. The van der Waals surface area contributed by atoms with Crippen molar-refractivity contribution in [3.63, 3.8) is 0 Å². The van der Waals surface area contributed by atoms with Gasteiger partial charge < -0.3 is 15.1 Å². The zero-order valence-electron chi connectivity index (χ0n) is 14.7. The highest BCUT2D eigenvalue weighted by atomic mass is 16.3. The smallest absolute Gasteiger partial charge is 0.259 e. The average molecular weight is 352 g/mol. The molecule has 1 aromatic carbocycles. The molecule has 2 N–H and O–H groups in total. The van der Waals surface area contributed by atoms with Crippen molar-refractivity contribution in [1.29, 1.82) is 0 Å². The maximum absolute atomic E-state index is 13.1. The van der Waals surface area contributed by atoms with Gasteiger partial charge in [-0.2, -0.15) is 0 Å². The molecule has 2 heterocycles. The molecule has 0 radical (unpaired) electrons. The Morgan fingerprint density at radius 1 is 1.12 bits per heavy atom. The van der Waals surface area contributed by atoms with Gasteiger partial charge in [0.2, 0.25) is 5.88 Å². The fourth-order valence-electron chi connectivity index (χ4n) is 4.74. The normalized spacial score (nSPS) is 28.4. The molecule has 1 aliphatic heterocycles. The number of benzene rings is 1. The maximum atomic E-state index is 13.1. The van der Waals surface area contributed by atoms with Crippen LogP contribution < -0.4 is 0 Å². The molecule has 3 unspecified atom stereocenters. The number of hydrogen-bond acceptors (Lipinski definition) is 4. The van der Waals surface area contributed by atoms with Gasteiger partial charge in [-0.15, -0.1) is 0 Å². The third kappa shape index (κ3) is 2.76. The summed E-state index contributed by atoms with van der Waals surface area (Å²) in [5.74, 6) is -0.411. The zero-order chi connectivity index (χ0) is 18.1. The van der Waals surface area contributed by atoms with E-state index in [1.54, 1.807) is 12.1 Å². The first-order valence-electron chi connectivity index (χ1n) is 9.34. The highest BCUT2D eigenvalue weighted by Crippen LogP contribution is 2.47. The summed E-state index contributed by atoms with van der Waals surface area (Å²) in [7, 11) is 0. The lowest BCUT2D eigenvalue weighted by molar-refractivity contribution is -0.110. The van der Waals surface area contributed by atoms with Gasteiger partial charge in [-0.25, -0.2) is 4.98 Å². The van der Waals surface area contributed by atoms with Crippen LogP contribution in [0, 0.1) is 5.92 Å². The van der Waals surface area contributed by atoms with Crippen molar-refractivity contribution in [1.82, 2.24) is 9.88 Å².